The summed E-state index contributed by atoms with van der Waals surface area (Å²) in [7, 11) is 0. The molecule has 0 radical (unpaired) electrons. The molecule has 1 aliphatic rings. The average molecular weight is 254 g/mol. The molecule has 2 rings (SSSR count). The standard InChI is InChI=1S/C12H12ClNO3/c13-10-5-4-8(6-9(10)12(16)17)14-11(15)7-2-1-3-7/h4-7H,1-3H2,(H,14,15)(H,16,17). The van der Waals surface area contributed by atoms with Crippen LogP contribution in [-0.2, 0) is 4.79 Å². The third-order valence-electron chi connectivity index (χ3n) is 2.94. The predicted molar refractivity (Wildman–Crippen MR) is 64.4 cm³/mol. The molecule has 4 nitrogen and oxygen atoms in total. The van der Waals surface area contributed by atoms with Crippen LogP contribution in [0.3, 0.4) is 0 Å². The first-order valence-corrected chi connectivity index (χ1v) is 5.79. The maximum atomic E-state index is 11.7. The van der Waals surface area contributed by atoms with Crippen LogP contribution in [-0.4, -0.2) is 17.0 Å². The van der Waals surface area contributed by atoms with E-state index in [-0.39, 0.29) is 22.4 Å². The molecule has 1 fully saturated rings. The topological polar surface area (TPSA) is 66.4 Å². The molecule has 0 atom stereocenters. The monoisotopic (exact) mass is 253 g/mol. The summed E-state index contributed by atoms with van der Waals surface area (Å²) >= 11 is 5.74. The Kier molecular flexibility index (Phi) is 3.33. The number of carboxylic acids is 1. The summed E-state index contributed by atoms with van der Waals surface area (Å²) in [6.45, 7) is 0. The number of aromatic carboxylic acids is 1. The van der Waals surface area contributed by atoms with Crippen molar-refractivity contribution in [1.29, 1.82) is 0 Å². The molecule has 17 heavy (non-hydrogen) atoms. The first kappa shape index (κ1) is 11.9. The highest BCUT2D eigenvalue weighted by Crippen LogP contribution is 2.28. The molecular formula is C12H12ClNO3. The predicted octanol–water partition coefficient (Wildman–Crippen LogP) is 2.78. The van der Waals surface area contributed by atoms with Gasteiger partial charge in [0.15, 0.2) is 0 Å². The molecule has 1 aromatic carbocycles. The first-order chi connectivity index (χ1) is 8.08. The van der Waals surface area contributed by atoms with Crippen LogP contribution in [0.4, 0.5) is 5.69 Å². The van der Waals surface area contributed by atoms with Crippen molar-refractivity contribution in [2.45, 2.75) is 19.3 Å². The Labute approximate surface area is 104 Å². The van der Waals surface area contributed by atoms with E-state index in [2.05, 4.69) is 5.32 Å². The highest BCUT2D eigenvalue weighted by molar-refractivity contribution is 6.33. The van der Waals surface area contributed by atoms with E-state index >= 15 is 0 Å². The van der Waals surface area contributed by atoms with E-state index in [1.807, 2.05) is 0 Å². The molecule has 1 aromatic rings. The van der Waals surface area contributed by atoms with Crippen LogP contribution in [0.1, 0.15) is 29.6 Å². The van der Waals surface area contributed by atoms with Gasteiger partial charge in [0.25, 0.3) is 0 Å². The number of rotatable bonds is 3. The maximum Gasteiger partial charge on any atom is 0.337 e. The molecule has 0 spiro atoms. The van der Waals surface area contributed by atoms with Gasteiger partial charge in [-0.3, -0.25) is 4.79 Å². The number of amides is 1. The van der Waals surface area contributed by atoms with Gasteiger partial charge in [0.2, 0.25) is 5.91 Å². The van der Waals surface area contributed by atoms with Crippen molar-refractivity contribution in [3.05, 3.63) is 28.8 Å². The normalized spacial score (nSPS) is 15.1. The molecule has 0 unspecified atom stereocenters. The number of hydrogen-bond acceptors (Lipinski definition) is 2. The number of hydrogen-bond donors (Lipinski definition) is 2. The highest BCUT2D eigenvalue weighted by atomic mass is 35.5. The van der Waals surface area contributed by atoms with E-state index in [1.54, 1.807) is 6.07 Å². The fraction of sp³-hybridized carbons (Fsp3) is 0.333. The number of carboxylic acid groups (broad SMARTS) is 1. The Hall–Kier alpha value is -1.55. The number of anilines is 1. The Bertz CT molecular complexity index is 469. The minimum absolute atomic E-state index is 0.00178. The van der Waals surface area contributed by atoms with E-state index in [1.165, 1.54) is 12.1 Å². The smallest absolute Gasteiger partial charge is 0.337 e. The van der Waals surface area contributed by atoms with Gasteiger partial charge in [-0.15, -0.1) is 0 Å². The van der Waals surface area contributed by atoms with Gasteiger partial charge < -0.3 is 10.4 Å². The number of benzene rings is 1. The van der Waals surface area contributed by atoms with Crippen molar-refractivity contribution in [1.82, 2.24) is 0 Å². The summed E-state index contributed by atoms with van der Waals surface area (Å²) in [6, 6.07) is 4.45. The lowest BCUT2D eigenvalue weighted by atomic mass is 9.85. The fourth-order valence-electron chi connectivity index (χ4n) is 1.68. The van der Waals surface area contributed by atoms with Crippen molar-refractivity contribution in [3.63, 3.8) is 0 Å². The number of carbonyl (C=O) groups excluding carboxylic acids is 1. The van der Waals surface area contributed by atoms with Crippen molar-refractivity contribution >= 4 is 29.2 Å². The zero-order chi connectivity index (χ0) is 12.4. The molecule has 0 aliphatic heterocycles. The molecule has 0 heterocycles. The lowest BCUT2D eigenvalue weighted by Crippen LogP contribution is -2.28. The van der Waals surface area contributed by atoms with Gasteiger partial charge in [-0.2, -0.15) is 0 Å². The molecule has 2 N–H and O–H groups in total. The van der Waals surface area contributed by atoms with Crippen molar-refractivity contribution in [2.75, 3.05) is 5.32 Å². The van der Waals surface area contributed by atoms with E-state index in [4.69, 9.17) is 16.7 Å². The molecule has 0 aromatic heterocycles. The lowest BCUT2D eigenvalue weighted by molar-refractivity contribution is -0.122. The molecule has 5 heteroatoms. The van der Waals surface area contributed by atoms with E-state index in [0.29, 0.717) is 5.69 Å². The van der Waals surface area contributed by atoms with Gasteiger partial charge in [-0.05, 0) is 31.0 Å². The largest absolute Gasteiger partial charge is 0.478 e. The number of halogens is 1. The maximum absolute atomic E-state index is 11.7. The van der Waals surface area contributed by atoms with Crippen LogP contribution < -0.4 is 5.32 Å². The van der Waals surface area contributed by atoms with E-state index < -0.39 is 5.97 Å². The van der Waals surface area contributed by atoms with Gasteiger partial charge in [-0.25, -0.2) is 4.79 Å². The Balaban J connectivity index is 2.13. The minimum atomic E-state index is -1.10. The lowest BCUT2D eigenvalue weighted by Gasteiger charge is -2.24. The second kappa shape index (κ2) is 4.75. The summed E-state index contributed by atoms with van der Waals surface area (Å²) in [5.41, 5.74) is 0.474. The van der Waals surface area contributed by atoms with Crippen molar-refractivity contribution in [2.24, 2.45) is 5.92 Å². The Morgan fingerprint density at radius 3 is 2.59 bits per heavy atom. The zero-order valence-electron chi connectivity index (χ0n) is 9.07. The van der Waals surface area contributed by atoms with E-state index in [9.17, 15) is 9.59 Å². The third kappa shape index (κ3) is 2.58. The highest BCUT2D eigenvalue weighted by Gasteiger charge is 2.25. The fourth-order valence-corrected chi connectivity index (χ4v) is 1.88. The Morgan fingerprint density at radius 1 is 1.35 bits per heavy atom. The van der Waals surface area contributed by atoms with E-state index in [0.717, 1.165) is 19.3 Å². The Morgan fingerprint density at radius 2 is 2.06 bits per heavy atom. The van der Waals surface area contributed by atoms with Gasteiger partial charge in [0.1, 0.15) is 0 Å². The number of nitrogens with one attached hydrogen (secondary N) is 1. The van der Waals surface area contributed by atoms with Crippen LogP contribution in [0, 0.1) is 5.92 Å². The summed E-state index contributed by atoms with van der Waals surface area (Å²) < 4.78 is 0. The molecule has 0 saturated heterocycles. The summed E-state index contributed by atoms with van der Waals surface area (Å²) in [5, 5.41) is 11.8. The van der Waals surface area contributed by atoms with Crippen LogP contribution in [0.25, 0.3) is 0 Å². The zero-order valence-corrected chi connectivity index (χ0v) is 9.83. The van der Waals surface area contributed by atoms with Gasteiger partial charge in [0, 0.05) is 11.6 Å². The second-order valence-corrected chi connectivity index (χ2v) is 4.52. The summed E-state index contributed by atoms with van der Waals surface area (Å²) in [6.07, 6.45) is 2.90. The molecule has 90 valence electrons. The van der Waals surface area contributed by atoms with Crippen LogP contribution in [0.5, 0.6) is 0 Å². The second-order valence-electron chi connectivity index (χ2n) is 4.12. The molecule has 1 aliphatic carbocycles. The van der Waals surface area contributed by atoms with Crippen LogP contribution in [0.15, 0.2) is 18.2 Å². The number of carbonyl (C=O) groups is 2. The average Bonchev–Trinajstić information content (AvgIpc) is 2.17. The van der Waals surface area contributed by atoms with Crippen LogP contribution >= 0.6 is 11.6 Å². The van der Waals surface area contributed by atoms with Crippen molar-refractivity contribution in [3.8, 4) is 0 Å². The summed E-state index contributed by atoms with van der Waals surface area (Å²) in [5.74, 6) is -1.08. The summed E-state index contributed by atoms with van der Waals surface area (Å²) in [4.78, 5) is 22.5. The van der Waals surface area contributed by atoms with Gasteiger partial charge in [0.05, 0.1) is 10.6 Å². The van der Waals surface area contributed by atoms with Gasteiger partial charge >= 0.3 is 5.97 Å². The molecule has 1 saturated carbocycles. The first-order valence-electron chi connectivity index (χ1n) is 5.41. The van der Waals surface area contributed by atoms with Gasteiger partial charge in [-0.1, -0.05) is 18.0 Å². The quantitative estimate of drug-likeness (QED) is 0.870. The third-order valence-corrected chi connectivity index (χ3v) is 3.27. The molecule has 0 bridgehead atoms. The molecular weight excluding hydrogens is 242 g/mol. The minimum Gasteiger partial charge on any atom is -0.478 e. The van der Waals surface area contributed by atoms with Crippen molar-refractivity contribution < 1.29 is 14.7 Å². The molecule has 1 amide bonds. The van der Waals surface area contributed by atoms with Crippen LogP contribution in [0.2, 0.25) is 5.02 Å². The SMILES string of the molecule is O=C(O)c1cc(NC(=O)C2CCC2)ccc1Cl.